The Morgan fingerprint density at radius 3 is 1.64 bits per heavy atom. The second-order valence-corrected chi connectivity index (χ2v) is 7.55. The number of rotatable bonds is 10. The third-order valence-electron chi connectivity index (χ3n) is 4.84. The fourth-order valence-corrected chi connectivity index (χ4v) is 3.34. The van der Waals surface area contributed by atoms with E-state index in [1.54, 1.807) is 0 Å². The van der Waals surface area contributed by atoms with Crippen LogP contribution in [0, 0.1) is 0 Å². The highest BCUT2D eigenvalue weighted by Crippen LogP contribution is 2.27. The minimum atomic E-state index is -0.112. The van der Waals surface area contributed by atoms with Crippen molar-refractivity contribution in [2.75, 3.05) is 26.4 Å². The highest BCUT2D eigenvalue weighted by Gasteiger charge is 2.19. The first-order chi connectivity index (χ1) is 13.7. The molecule has 2 aliphatic heterocycles. The van der Waals surface area contributed by atoms with Crippen molar-refractivity contribution in [3.63, 3.8) is 0 Å². The molecule has 158 valence electrons. The van der Waals surface area contributed by atoms with E-state index < -0.39 is 0 Å². The molecule has 0 radical (unpaired) electrons. The van der Waals surface area contributed by atoms with Crippen molar-refractivity contribution in [2.45, 2.75) is 77.2 Å². The Kier molecular flexibility index (Phi) is 8.86. The lowest BCUT2D eigenvalue weighted by molar-refractivity contribution is -0.190. The first kappa shape index (κ1) is 21.4. The van der Waals surface area contributed by atoms with E-state index in [1.807, 2.05) is 38.1 Å². The van der Waals surface area contributed by atoms with Gasteiger partial charge in [-0.05, 0) is 64.5 Å². The van der Waals surface area contributed by atoms with Crippen LogP contribution in [0.15, 0.2) is 24.3 Å². The maximum Gasteiger partial charge on any atom is 0.161 e. The van der Waals surface area contributed by atoms with Crippen LogP contribution in [-0.4, -0.2) is 51.2 Å². The van der Waals surface area contributed by atoms with Crippen molar-refractivity contribution >= 4 is 0 Å². The summed E-state index contributed by atoms with van der Waals surface area (Å²) in [5.74, 6) is 1.42. The van der Waals surface area contributed by atoms with Crippen LogP contribution in [0.4, 0.5) is 0 Å². The first-order valence-electron chi connectivity index (χ1n) is 10.6. The highest BCUT2D eigenvalue weighted by atomic mass is 16.7. The molecule has 0 spiro atoms. The molecule has 0 aromatic heterocycles. The molecule has 2 aliphatic rings. The fraction of sp³-hybridized carbons (Fsp3) is 0.727. The molecule has 6 heteroatoms. The first-order valence-corrected chi connectivity index (χ1v) is 10.6. The number of hydrogen-bond donors (Lipinski definition) is 0. The maximum atomic E-state index is 5.95. The topological polar surface area (TPSA) is 55.4 Å². The van der Waals surface area contributed by atoms with Gasteiger partial charge >= 0.3 is 0 Å². The molecule has 6 nitrogen and oxygen atoms in total. The number of benzene rings is 1. The molecule has 0 bridgehead atoms. The van der Waals surface area contributed by atoms with Gasteiger partial charge < -0.3 is 28.4 Å². The Bertz CT molecular complexity index is 505. The Hall–Kier alpha value is -1.34. The SMILES string of the molecule is C[C@@H](COc1ccccc1OC[C@H](C)OC1CCCCO1)OC1CCCCO1. The zero-order chi connectivity index (χ0) is 19.6. The smallest absolute Gasteiger partial charge is 0.161 e. The summed E-state index contributed by atoms with van der Waals surface area (Å²) in [6.07, 6.45) is 6.11. The van der Waals surface area contributed by atoms with Crippen molar-refractivity contribution in [3.8, 4) is 11.5 Å². The molecule has 4 atom stereocenters. The van der Waals surface area contributed by atoms with Gasteiger partial charge in [0.05, 0.1) is 12.2 Å². The average Bonchev–Trinajstić information content (AvgIpc) is 2.73. The molecule has 2 fully saturated rings. The molecule has 2 saturated heterocycles. The van der Waals surface area contributed by atoms with Gasteiger partial charge in [-0.1, -0.05) is 12.1 Å². The lowest BCUT2D eigenvalue weighted by Gasteiger charge is -2.27. The van der Waals surface area contributed by atoms with Gasteiger partial charge in [0.1, 0.15) is 13.2 Å². The predicted molar refractivity (Wildman–Crippen MR) is 106 cm³/mol. The van der Waals surface area contributed by atoms with E-state index in [0.717, 1.165) is 51.7 Å². The molecule has 0 saturated carbocycles. The number of para-hydroxylation sites is 2. The average molecular weight is 395 g/mol. The molecule has 1 aromatic carbocycles. The zero-order valence-electron chi connectivity index (χ0n) is 17.1. The van der Waals surface area contributed by atoms with Crippen LogP contribution in [0.25, 0.3) is 0 Å². The Morgan fingerprint density at radius 1 is 0.786 bits per heavy atom. The van der Waals surface area contributed by atoms with Gasteiger partial charge in [-0.25, -0.2) is 0 Å². The largest absolute Gasteiger partial charge is 0.487 e. The van der Waals surface area contributed by atoms with Gasteiger partial charge in [-0.2, -0.15) is 0 Å². The molecule has 3 rings (SSSR count). The predicted octanol–water partition coefficient (Wildman–Crippen LogP) is 4.31. The van der Waals surface area contributed by atoms with Gasteiger partial charge in [0.25, 0.3) is 0 Å². The van der Waals surface area contributed by atoms with E-state index in [1.165, 1.54) is 0 Å². The van der Waals surface area contributed by atoms with Crippen LogP contribution in [0.3, 0.4) is 0 Å². The van der Waals surface area contributed by atoms with Gasteiger partial charge in [0.2, 0.25) is 0 Å². The van der Waals surface area contributed by atoms with E-state index in [2.05, 4.69) is 0 Å². The molecule has 1 aromatic rings. The van der Waals surface area contributed by atoms with Crippen molar-refractivity contribution in [1.82, 2.24) is 0 Å². The number of hydrogen-bond acceptors (Lipinski definition) is 6. The number of ether oxygens (including phenoxy) is 6. The van der Waals surface area contributed by atoms with Crippen molar-refractivity contribution < 1.29 is 28.4 Å². The van der Waals surface area contributed by atoms with Crippen LogP contribution in [0.1, 0.15) is 52.4 Å². The third kappa shape index (κ3) is 7.24. The van der Waals surface area contributed by atoms with Gasteiger partial charge in [-0.15, -0.1) is 0 Å². The van der Waals surface area contributed by atoms with Crippen LogP contribution in [0.2, 0.25) is 0 Å². The van der Waals surface area contributed by atoms with Crippen LogP contribution in [0.5, 0.6) is 11.5 Å². The van der Waals surface area contributed by atoms with Crippen LogP contribution in [-0.2, 0) is 18.9 Å². The van der Waals surface area contributed by atoms with Crippen molar-refractivity contribution in [3.05, 3.63) is 24.3 Å². The third-order valence-corrected chi connectivity index (χ3v) is 4.84. The molecule has 2 heterocycles. The Labute approximate surface area is 168 Å². The van der Waals surface area contributed by atoms with E-state index in [9.17, 15) is 0 Å². The summed E-state index contributed by atoms with van der Waals surface area (Å²) in [7, 11) is 0. The second kappa shape index (κ2) is 11.6. The summed E-state index contributed by atoms with van der Waals surface area (Å²) in [6, 6.07) is 7.70. The van der Waals surface area contributed by atoms with E-state index in [4.69, 9.17) is 28.4 Å². The summed E-state index contributed by atoms with van der Waals surface area (Å²) in [4.78, 5) is 0. The lowest BCUT2D eigenvalue weighted by atomic mass is 10.2. The highest BCUT2D eigenvalue weighted by molar-refractivity contribution is 5.39. The Balaban J connectivity index is 1.41. The van der Waals surface area contributed by atoms with Crippen LogP contribution < -0.4 is 9.47 Å². The summed E-state index contributed by atoms with van der Waals surface area (Å²) >= 11 is 0. The second-order valence-electron chi connectivity index (χ2n) is 7.55. The molecular weight excluding hydrogens is 360 g/mol. The maximum absolute atomic E-state index is 5.95. The standard InChI is InChI=1S/C22H34O6/c1-17(27-21-11-5-7-13-23-21)15-25-19-9-3-4-10-20(19)26-16-18(2)28-22-12-6-8-14-24-22/h3-4,9-10,17-18,21-22H,5-8,11-16H2,1-2H3/t17-,18-,21?,22?/m0/s1. The minimum absolute atomic E-state index is 0.0538. The Morgan fingerprint density at radius 2 is 1.25 bits per heavy atom. The monoisotopic (exact) mass is 394 g/mol. The normalized spacial score (nSPS) is 25.1. The van der Waals surface area contributed by atoms with Gasteiger partial charge in [0, 0.05) is 13.2 Å². The van der Waals surface area contributed by atoms with E-state index in [-0.39, 0.29) is 24.8 Å². The summed E-state index contributed by atoms with van der Waals surface area (Å²) in [5, 5.41) is 0. The molecule has 28 heavy (non-hydrogen) atoms. The zero-order valence-corrected chi connectivity index (χ0v) is 17.1. The molecule has 2 unspecified atom stereocenters. The summed E-state index contributed by atoms with van der Waals surface area (Å²) in [5.41, 5.74) is 0. The fourth-order valence-electron chi connectivity index (χ4n) is 3.34. The quantitative estimate of drug-likeness (QED) is 0.589. The molecule has 0 aliphatic carbocycles. The van der Waals surface area contributed by atoms with E-state index >= 15 is 0 Å². The van der Waals surface area contributed by atoms with Crippen LogP contribution >= 0.6 is 0 Å². The van der Waals surface area contributed by atoms with Crippen molar-refractivity contribution in [2.24, 2.45) is 0 Å². The van der Waals surface area contributed by atoms with Gasteiger partial charge in [0.15, 0.2) is 24.1 Å². The van der Waals surface area contributed by atoms with Crippen molar-refractivity contribution in [1.29, 1.82) is 0 Å². The van der Waals surface area contributed by atoms with Gasteiger partial charge in [-0.3, -0.25) is 0 Å². The molecule has 0 amide bonds. The van der Waals surface area contributed by atoms with E-state index in [0.29, 0.717) is 24.7 Å². The lowest BCUT2D eigenvalue weighted by Crippen LogP contribution is -2.30. The molecule has 0 N–H and O–H groups in total. The molecular formula is C22H34O6. The summed E-state index contributed by atoms with van der Waals surface area (Å²) in [6.45, 7) is 6.45. The minimum Gasteiger partial charge on any atom is -0.487 e. The summed E-state index contributed by atoms with van der Waals surface area (Å²) < 4.78 is 35.0.